The number of hydrogen-bond acceptors (Lipinski definition) is 4. The molecule has 0 aliphatic rings. The van der Waals surface area contributed by atoms with E-state index in [1.807, 2.05) is 20.8 Å². The summed E-state index contributed by atoms with van der Waals surface area (Å²) in [5.41, 5.74) is 5.08. The van der Waals surface area contributed by atoms with E-state index in [4.69, 9.17) is 0 Å². The Hall–Kier alpha value is -2.50. The van der Waals surface area contributed by atoms with Crippen molar-refractivity contribution in [2.75, 3.05) is 0 Å². The number of aryl methyl sites for hydroxylation is 3. The van der Waals surface area contributed by atoms with E-state index >= 15 is 0 Å². The van der Waals surface area contributed by atoms with Crippen LogP contribution < -0.4 is 5.32 Å². The molecule has 0 aromatic carbocycles. The van der Waals surface area contributed by atoms with Crippen LogP contribution >= 0.6 is 0 Å². The van der Waals surface area contributed by atoms with Gasteiger partial charge in [-0.05, 0) is 51.8 Å². The Balaban J connectivity index is 1.95. The monoisotopic (exact) mass is 328 g/mol. The van der Waals surface area contributed by atoms with Gasteiger partial charge in [-0.25, -0.2) is 0 Å². The Morgan fingerprint density at radius 1 is 1.21 bits per heavy atom. The fourth-order valence-corrected chi connectivity index (χ4v) is 2.71. The molecule has 0 fully saturated rings. The van der Waals surface area contributed by atoms with Gasteiger partial charge in [-0.3, -0.25) is 19.7 Å². The lowest BCUT2D eigenvalue weighted by atomic mass is 9.99. The molecule has 0 radical (unpaired) electrons. The van der Waals surface area contributed by atoms with Gasteiger partial charge in [-0.1, -0.05) is 6.92 Å². The van der Waals surface area contributed by atoms with Crippen molar-refractivity contribution in [2.45, 2.75) is 47.6 Å². The van der Waals surface area contributed by atoms with Crippen LogP contribution in [0, 0.1) is 26.7 Å². The first-order chi connectivity index (χ1) is 11.3. The predicted octanol–water partition coefficient (Wildman–Crippen LogP) is 2.43. The standard InChI is InChI=1S/C18H24N4O2/c1-10(8-17-12(3)21-22-13(17)4)18(24)19-9-15-6-7-16(14(5)23)11(2)20-15/h6-7,10H,8-9H2,1-5H3,(H,19,24)(H,21,22)/t10-/m0/s1. The van der Waals surface area contributed by atoms with Gasteiger partial charge >= 0.3 is 0 Å². The number of nitrogens with zero attached hydrogens (tertiary/aromatic N) is 2. The molecular formula is C18H24N4O2. The normalized spacial score (nSPS) is 12.0. The molecule has 2 N–H and O–H groups in total. The number of ketones is 1. The fraction of sp³-hybridized carbons (Fsp3) is 0.444. The van der Waals surface area contributed by atoms with E-state index in [9.17, 15) is 9.59 Å². The third-order valence-electron chi connectivity index (χ3n) is 4.21. The first-order valence-electron chi connectivity index (χ1n) is 8.05. The fourth-order valence-electron chi connectivity index (χ4n) is 2.71. The maximum Gasteiger partial charge on any atom is 0.223 e. The summed E-state index contributed by atoms with van der Waals surface area (Å²) in [6, 6.07) is 3.53. The van der Waals surface area contributed by atoms with Crippen LogP contribution in [0.15, 0.2) is 12.1 Å². The van der Waals surface area contributed by atoms with Crippen molar-refractivity contribution in [3.63, 3.8) is 0 Å². The van der Waals surface area contributed by atoms with Crippen molar-refractivity contribution in [3.05, 3.63) is 46.0 Å². The maximum absolute atomic E-state index is 12.3. The zero-order valence-electron chi connectivity index (χ0n) is 14.9. The molecule has 2 aromatic rings. The van der Waals surface area contributed by atoms with E-state index in [0.717, 1.165) is 22.6 Å². The summed E-state index contributed by atoms with van der Waals surface area (Å²) in [5.74, 6) is -0.183. The van der Waals surface area contributed by atoms with Crippen molar-refractivity contribution < 1.29 is 9.59 Å². The first-order valence-corrected chi connectivity index (χ1v) is 8.05. The van der Waals surface area contributed by atoms with Crippen LogP contribution in [-0.2, 0) is 17.8 Å². The number of pyridine rings is 1. The molecule has 6 nitrogen and oxygen atoms in total. The summed E-state index contributed by atoms with van der Waals surface area (Å²) in [6.45, 7) is 9.47. The number of aromatic nitrogens is 3. The molecular weight excluding hydrogens is 304 g/mol. The summed E-state index contributed by atoms with van der Waals surface area (Å²) in [6.07, 6.45) is 0.649. The van der Waals surface area contributed by atoms with Crippen LogP contribution in [0.4, 0.5) is 0 Å². The van der Waals surface area contributed by atoms with Crippen molar-refractivity contribution >= 4 is 11.7 Å². The molecule has 1 amide bonds. The lowest BCUT2D eigenvalue weighted by Crippen LogP contribution is -2.30. The van der Waals surface area contributed by atoms with Crippen LogP contribution in [0.5, 0.6) is 0 Å². The molecule has 0 saturated carbocycles. The third kappa shape index (κ3) is 4.07. The Morgan fingerprint density at radius 3 is 2.46 bits per heavy atom. The average Bonchev–Trinajstić information content (AvgIpc) is 2.84. The van der Waals surface area contributed by atoms with Gasteiger partial charge in [0.1, 0.15) is 0 Å². The molecule has 0 spiro atoms. The lowest BCUT2D eigenvalue weighted by Gasteiger charge is -2.13. The second-order valence-electron chi connectivity index (χ2n) is 6.23. The number of carbonyl (C=O) groups excluding carboxylic acids is 2. The highest BCUT2D eigenvalue weighted by atomic mass is 16.1. The third-order valence-corrected chi connectivity index (χ3v) is 4.21. The molecule has 0 saturated heterocycles. The average molecular weight is 328 g/mol. The van der Waals surface area contributed by atoms with Crippen molar-refractivity contribution in [1.82, 2.24) is 20.5 Å². The van der Waals surface area contributed by atoms with Gasteiger partial charge < -0.3 is 5.32 Å². The zero-order chi connectivity index (χ0) is 17.9. The molecule has 1 atom stereocenters. The number of amides is 1. The predicted molar refractivity (Wildman–Crippen MR) is 91.8 cm³/mol. The summed E-state index contributed by atoms with van der Waals surface area (Å²) in [5, 5.41) is 10.0. The SMILES string of the molecule is CC(=O)c1ccc(CNC(=O)[C@@H](C)Cc2c(C)n[nH]c2C)nc1C. The number of H-pyrrole nitrogens is 1. The van der Waals surface area contributed by atoms with Crippen LogP contribution in [0.25, 0.3) is 0 Å². The molecule has 0 unspecified atom stereocenters. The van der Waals surface area contributed by atoms with Crippen molar-refractivity contribution in [3.8, 4) is 0 Å². The van der Waals surface area contributed by atoms with Crippen LogP contribution in [-0.4, -0.2) is 26.9 Å². The van der Waals surface area contributed by atoms with Crippen LogP contribution in [0.2, 0.25) is 0 Å². The number of Topliss-reactive ketones (excluding diaryl/α,β-unsaturated/α-hetero) is 1. The zero-order valence-corrected chi connectivity index (χ0v) is 14.9. The summed E-state index contributed by atoms with van der Waals surface area (Å²) in [7, 11) is 0. The van der Waals surface area contributed by atoms with Gasteiger partial charge in [0.15, 0.2) is 5.78 Å². The Bertz CT molecular complexity index is 745. The number of aromatic amines is 1. The minimum Gasteiger partial charge on any atom is -0.350 e. The van der Waals surface area contributed by atoms with Crippen LogP contribution in [0.1, 0.15) is 52.5 Å². The molecule has 2 rings (SSSR count). The first kappa shape index (κ1) is 17.8. The highest BCUT2D eigenvalue weighted by Crippen LogP contribution is 2.15. The van der Waals surface area contributed by atoms with E-state index in [2.05, 4.69) is 20.5 Å². The smallest absolute Gasteiger partial charge is 0.223 e. The minimum atomic E-state index is -0.155. The molecule has 0 aliphatic heterocycles. The van der Waals surface area contributed by atoms with Gasteiger partial charge in [-0.2, -0.15) is 5.10 Å². The second kappa shape index (κ2) is 7.38. The molecule has 128 valence electrons. The van der Waals surface area contributed by atoms with Gasteiger partial charge in [-0.15, -0.1) is 0 Å². The van der Waals surface area contributed by atoms with Crippen molar-refractivity contribution in [2.24, 2.45) is 5.92 Å². The van der Waals surface area contributed by atoms with Crippen LogP contribution in [0.3, 0.4) is 0 Å². The quantitative estimate of drug-likeness (QED) is 0.797. The topological polar surface area (TPSA) is 87.7 Å². The number of hydrogen-bond donors (Lipinski definition) is 2. The lowest BCUT2D eigenvalue weighted by molar-refractivity contribution is -0.124. The van der Waals surface area contributed by atoms with Gasteiger partial charge in [0.25, 0.3) is 0 Å². The van der Waals surface area contributed by atoms with Gasteiger partial charge in [0, 0.05) is 22.9 Å². The summed E-state index contributed by atoms with van der Waals surface area (Å²) < 4.78 is 0. The number of rotatable bonds is 6. The molecule has 24 heavy (non-hydrogen) atoms. The molecule has 0 aliphatic carbocycles. The number of carbonyl (C=O) groups is 2. The molecule has 2 aromatic heterocycles. The van der Waals surface area contributed by atoms with E-state index in [-0.39, 0.29) is 17.6 Å². The molecule has 0 bridgehead atoms. The van der Waals surface area contributed by atoms with Gasteiger partial charge in [0.2, 0.25) is 5.91 Å². The van der Waals surface area contributed by atoms with Crippen molar-refractivity contribution in [1.29, 1.82) is 0 Å². The summed E-state index contributed by atoms with van der Waals surface area (Å²) >= 11 is 0. The Kier molecular flexibility index (Phi) is 5.49. The number of nitrogens with one attached hydrogen (secondary N) is 2. The molecule has 6 heteroatoms. The highest BCUT2D eigenvalue weighted by Gasteiger charge is 2.17. The Labute approximate surface area is 142 Å². The minimum absolute atomic E-state index is 0.00457. The van der Waals surface area contributed by atoms with E-state index in [1.54, 1.807) is 19.1 Å². The second-order valence-corrected chi connectivity index (χ2v) is 6.23. The molecule has 2 heterocycles. The summed E-state index contributed by atoms with van der Waals surface area (Å²) in [4.78, 5) is 28.1. The largest absolute Gasteiger partial charge is 0.350 e. The van der Waals surface area contributed by atoms with Gasteiger partial charge in [0.05, 0.1) is 17.9 Å². The Morgan fingerprint density at radius 2 is 1.92 bits per heavy atom. The maximum atomic E-state index is 12.3. The van der Waals surface area contributed by atoms with E-state index in [0.29, 0.717) is 24.2 Å². The highest BCUT2D eigenvalue weighted by molar-refractivity contribution is 5.95. The van der Waals surface area contributed by atoms with E-state index < -0.39 is 0 Å². The van der Waals surface area contributed by atoms with E-state index in [1.165, 1.54) is 6.92 Å².